The van der Waals surface area contributed by atoms with Crippen molar-refractivity contribution in [3.05, 3.63) is 0 Å². The quantitative estimate of drug-likeness (QED) is 0.818. The molecule has 2 rings (SSSR count). The third kappa shape index (κ3) is 5.28. The average Bonchev–Trinajstić information content (AvgIpc) is 2.49. The van der Waals surface area contributed by atoms with Crippen molar-refractivity contribution in [2.45, 2.75) is 45.4 Å². The molecular formula is C16H30N2OS. The van der Waals surface area contributed by atoms with Gasteiger partial charge in [-0.2, -0.15) is 11.8 Å². The molecule has 20 heavy (non-hydrogen) atoms. The van der Waals surface area contributed by atoms with E-state index < -0.39 is 0 Å². The third-order valence-corrected chi connectivity index (χ3v) is 5.64. The Morgan fingerprint density at radius 1 is 1.15 bits per heavy atom. The van der Waals surface area contributed by atoms with Crippen LogP contribution in [0.5, 0.6) is 0 Å². The topological polar surface area (TPSA) is 32.3 Å². The van der Waals surface area contributed by atoms with Gasteiger partial charge >= 0.3 is 0 Å². The second kappa shape index (κ2) is 8.93. The molecule has 0 spiro atoms. The molecule has 0 aromatic heterocycles. The molecule has 2 heterocycles. The van der Waals surface area contributed by atoms with Crippen LogP contribution in [0.1, 0.15) is 45.4 Å². The van der Waals surface area contributed by atoms with Crippen LogP contribution < -0.4 is 5.32 Å². The second-order valence-electron chi connectivity index (χ2n) is 6.29. The first kappa shape index (κ1) is 16.2. The highest BCUT2D eigenvalue weighted by atomic mass is 32.2. The predicted molar refractivity (Wildman–Crippen MR) is 87.1 cm³/mol. The van der Waals surface area contributed by atoms with Crippen LogP contribution in [0, 0.1) is 11.8 Å². The molecule has 0 aliphatic carbocycles. The Kier molecular flexibility index (Phi) is 7.22. The predicted octanol–water partition coefficient (Wildman–Crippen LogP) is 2.76. The van der Waals surface area contributed by atoms with E-state index in [9.17, 15) is 4.79 Å². The summed E-state index contributed by atoms with van der Waals surface area (Å²) in [6.45, 7) is 6.37. The van der Waals surface area contributed by atoms with Crippen molar-refractivity contribution in [1.29, 1.82) is 0 Å². The monoisotopic (exact) mass is 298 g/mol. The molecule has 0 unspecified atom stereocenters. The third-order valence-electron chi connectivity index (χ3n) is 4.59. The van der Waals surface area contributed by atoms with Crippen LogP contribution in [0.4, 0.5) is 0 Å². The summed E-state index contributed by atoms with van der Waals surface area (Å²) in [5.41, 5.74) is 0. The number of hydrogen-bond acceptors (Lipinski definition) is 3. The smallest absolute Gasteiger partial charge is 0.222 e. The molecule has 0 aromatic carbocycles. The zero-order valence-electron chi connectivity index (χ0n) is 12.9. The number of nitrogens with one attached hydrogen (secondary N) is 1. The van der Waals surface area contributed by atoms with Gasteiger partial charge in [-0.05, 0) is 68.5 Å². The summed E-state index contributed by atoms with van der Waals surface area (Å²) in [7, 11) is 0. The molecule has 0 aromatic rings. The average molecular weight is 298 g/mol. The van der Waals surface area contributed by atoms with Crippen LogP contribution in [-0.2, 0) is 4.79 Å². The first-order chi connectivity index (χ1) is 9.79. The van der Waals surface area contributed by atoms with Crippen LogP contribution >= 0.6 is 11.8 Å². The molecule has 0 saturated carbocycles. The molecule has 0 radical (unpaired) electrons. The van der Waals surface area contributed by atoms with Crippen molar-refractivity contribution in [1.82, 2.24) is 10.2 Å². The molecule has 0 bridgehead atoms. The maximum absolute atomic E-state index is 12.6. The van der Waals surface area contributed by atoms with E-state index in [-0.39, 0.29) is 0 Å². The highest BCUT2D eigenvalue weighted by Crippen LogP contribution is 2.26. The summed E-state index contributed by atoms with van der Waals surface area (Å²) in [5.74, 6) is 4.28. The zero-order chi connectivity index (χ0) is 14.2. The Balaban J connectivity index is 1.80. The molecule has 4 heteroatoms. The number of amides is 1. The summed E-state index contributed by atoms with van der Waals surface area (Å²) in [6.07, 6.45) is 6.82. The van der Waals surface area contributed by atoms with Crippen molar-refractivity contribution in [3.8, 4) is 0 Å². The molecule has 0 atom stereocenters. The first-order valence-corrected chi connectivity index (χ1v) is 9.51. The van der Waals surface area contributed by atoms with E-state index in [2.05, 4.69) is 17.1 Å². The largest absolute Gasteiger partial charge is 0.342 e. The molecule has 1 N–H and O–H groups in total. The van der Waals surface area contributed by atoms with Crippen molar-refractivity contribution >= 4 is 17.7 Å². The molecule has 1 amide bonds. The van der Waals surface area contributed by atoms with Gasteiger partial charge in [0.05, 0.1) is 0 Å². The summed E-state index contributed by atoms with van der Waals surface area (Å²) < 4.78 is 0. The Morgan fingerprint density at radius 2 is 1.85 bits per heavy atom. The van der Waals surface area contributed by atoms with E-state index in [1.165, 1.54) is 37.2 Å². The number of piperidine rings is 1. The van der Waals surface area contributed by atoms with Gasteiger partial charge in [-0.3, -0.25) is 4.79 Å². The van der Waals surface area contributed by atoms with Crippen LogP contribution in [0.2, 0.25) is 0 Å². The lowest BCUT2D eigenvalue weighted by atomic mass is 9.95. The molecule has 3 nitrogen and oxygen atoms in total. The van der Waals surface area contributed by atoms with Gasteiger partial charge in [-0.1, -0.05) is 6.92 Å². The van der Waals surface area contributed by atoms with Gasteiger partial charge in [0, 0.05) is 19.5 Å². The molecule has 2 saturated heterocycles. The normalized spacial score (nSPS) is 21.9. The minimum Gasteiger partial charge on any atom is -0.342 e. The van der Waals surface area contributed by atoms with E-state index in [0.717, 1.165) is 39.0 Å². The summed E-state index contributed by atoms with van der Waals surface area (Å²) in [6, 6.07) is 0. The molecular weight excluding hydrogens is 268 g/mol. The maximum atomic E-state index is 12.6. The lowest BCUT2D eigenvalue weighted by Gasteiger charge is -2.31. The van der Waals surface area contributed by atoms with Crippen molar-refractivity contribution in [2.75, 3.05) is 37.7 Å². The number of carbonyl (C=O) groups excluding carboxylic acids is 1. The lowest BCUT2D eigenvalue weighted by Crippen LogP contribution is -2.40. The fraction of sp³-hybridized carbons (Fsp3) is 0.938. The summed E-state index contributed by atoms with van der Waals surface area (Å²) in [4.78, 5) is 14.7. The number of hydrogen-bond donors (Lipinski definition) is 1. The summed E-state index contributed by atoms with van der Waals surface area (Å²) >= 11 is 2.04. The maximum Gasteiger partial charge on any atom is 0.222 e. The number of carbonyl (C=O) groups is 1. The lowest BCUT2D eigenvalue weighted by molar-refractivity contribution is -0.133. The molecule has 2 aliphatic rings. The van der Waals surface area contributed by atoms with Crippen molar-refractivity contribution in [2.24, 2.45) is 11.8 Å². The Bertz CT molecular complexity index is 286. The van der Waals surface area contributed by atoms with Gasteiger partial charge in [0.15, 0.2) is 0 Å². The Hall–Kier alpha value is -0.220. The van der Waals surface area contributed by atoms with E-state index >= 15 is 0 Å². The van der Waals surface area contributed by atoms with Crippen LogP contribution in [-0.4, -0.2) is 48.5 Å². The van der Waals surface area contributed by atoms with E-state index in [4.69, 9.17) is 0 Å². The van der Waals surface area contributed by atoms with Crippen LogP contribution in [0.25, 0.3) is 0 Å². The fourth-order valence-electron chi connectivity index (χ4n) is 3.29. The minimum absolute atomic E-state index is 0.419. The van der Waals surface area contributed by atoms with Gasteiger partial charge in [0.1, 0.15) is 0 Å². The van der Waals surface area contributed by atoms with Gasteiger partial charge in [-0.15, -0.1) is 0 Å². The number of nitrogens with zero attached hydrogens (tertiary/aromatic N) is 1. The highest BCUT2D eigenvalue weighted by molar-refractivity contribution is 7.99. The van der Waals surface area contributed by atoms with Gasteiger partial charge < -0.3 is 10.2 Å². The van der Waals surface area contributed by atoms with Crippen LogP contribution in [0.15, 0.2) is 0 Å². The van der Waals surface area contributed by atoms with Crippen LogP contribution in [0.3, 0.4) is 0 Å². The highest BCUT2D eigenvalue weighted by Gasteiger charge is 2.23. The molecule has 2 fully saturated rings. The van der Waals surface area contributed by atoms with Crippen molar-refractivity contribution < 1.29 is 4.79 Å². The van der Waals surface area contributed by atoms with Gasteiger partial charge in [0.2, 0.25) is 5.91 Å². The van der Waals surface area contributed by atoms with E-state index in [1.807, 2.05) is 11.8 Å². The second-order valence-corrected chi connectivity index (χ2v) is 7.52. The van der Waals surface area contributed by atoms with E-state index in [1.54, 1.807) is 0 Å². The standard InChI is InChI=1S/C16H30N2OS/c1-2-9-18(13-15-3-7-17-8-4-15)16(19)12-14-5-10-20-11-6-14/h14-15,17H,2-13H2,1H3. The first-order valence-electron chi connectivity index (χ1n) is 8.35. The number of thioether (sulfide) groups is 1. The summed E-state index contributed by atoms with van der Waals surface area (Å²) in [5, 5.41) is 3.41. The minimum atomic E-state index is 0.419. The van der Waals surface area contributed by atoms with Gasteiger partial charge in [0.25, 0.3) is 0 Å². The zero-order valence-corrected chi connectivity index (χ0v) is 13.7. The SMILES string of the molecule is CCCN(CC1CCNCC1)C(=O)CC1CCSCC1. The van der Waals surface area contributed by atoms with Crippen molar-refractivity contribution in [3.63, 3.8) is 0 Å². The fourth-order valence-corrected chi connectivity index (χ4v) is 4.49. The molecule has 2 aliphatic heterocycles. The Morgan fingerprint density at radius 3 is 2.50 bits per heavy atom. The Labute approximate surface area is 128 Å². The molecule has 116 valence electrons. The van der Waals surface area contributed by atoms with Gasteiger partial charge in [-0.25, -0.2) is 0 Å². The van der Waals surface area contributed by atoms with E-state index in [0.29, 0.717) is 17.7 Å². The number of rotatable bonds is 6.